The Hall–Kier alpha value is -1.25. The minimum Gasteiger partial charge on any atom is -0.396 e. The molecule has 1 atom stereocenters. The Kier molecular flexibility index (Phi) is 5.09. The van der Waals surface area contributed by atoms with Gasteiger partial charge >= 0.3 is 0 Å². The molecule has 1 unspecified atom stereocenters. The fourth-order valence-corrected chi connectivity index (χ4v) is 1.64. The first kappa shape index (κ1) is 12.8. The number of carbonyl (C=O) groups excluding carboxylic acids is 1. The van der Waals surface area contributed by atoms with Gasteiger partial charge in [0.2, 0.25) is 5.91 Å². The summed E-state index contributed by atoms with van der Waals surface area (Å²) in [6.45, 7) is 1.01. The number of ether oxygens (including phenoxy) is 1. The SMILES string of the molecule is NC(=O)CN(N=O)N1CCOCC1CCO. The smallest absolute Gasteiger partial charge is 0.240 e. The largest absolute Gasteiger partial charge is 0.396 e. The van der Waals surface area contributed by atoms with Crippen LogP contribution < -0.4 is 5.73 Å². The summed E-state index contributed by atoms with van der Waals surface area (Å²) in [6.07, 6.45) is 0.449. The minimum atomic E-state index is -0.631. The molecule has 1 rings (SSSR count). The molecule has 0 bridgehead atoms. The second-order valence-electron chi connectivity index (χ2n) is 3.48. The summed E-state index contributed by atoms with van der Waals surface area (Å²) in [5.41, 5.74) is 5.01. The summed E-state index contributed by atoms with van der Waals surface area (Å²) >= 11 is 0. The Bertz CT molecular complexity index is 248. The van der Waals surface area contributed by atoms with Crippen molar-refractivity contribution < 1.29 is 14.6 Å². The molecule has 0 aromatic carbocycles. The van der Waals surface area contributed by atoms with E-state index in [0.717, 1.165) is 5.12 Å². The van der Waals surface area contributed by atoms with Gasteiger partial charge in [-0.3, -0.25) is 4.79 Å². The Balaban J connectivity index is 2.63. The molecule has 1 amide bonds. The number of aliphatic hydroxyl groups excluding tert-OH is 1. The minimum absolute atomic E-state index is 0.0200. The van der Waals surface area contributed by atoms with E-state index in [-0.39, 0.29) is 19.2 Å². The second-order valence-corrected chi connectivity index (χ2v) is 3.48. The zero-order chi connectivity index (χ0) is 12.0. The highest BCUT2D eigenvalue weighted by Crippen LogP contribution is 2.13. The quantitative estimate of drug-likeness (QED) is 0.424. The molecule has 8 nitrogen and oxygen atoms in total. The fourth-order valence-electron chi connectivity index (χ4n) is 1.64. The van der Waals surface area contributed by atoms with E-state index in [1.807, 2.05) is 0 Å². The van der Waals surface area contributed by atoms with Crippen molar-refractivity contribution in [2.24, 2.45) is 11.0 Å². The lowest BCUT2D eigenvalue weighted by Gasteiger charge is -2.38. The second kappa shape index (κ2) is 6.36. The van der Waals surface area contributed by atoms with Crippen LogP contribution in [0.2, 0.25) is 0 Å². The van der Waals surface area contributed by atoms with E-state index in [1.54, 1.807) is 5.01 Å². The van der Waals surface area contributed by atoms with Crippen LogP contribution in [0.1, 0.15) is 6.42 Å². The lowest BCUT2D eigenvalue weighted by Crippen LogP contribution is -2.54. The number of carbonyl (C=O) groups is 1. The predicted octanol–water partition coefficient (Wildman–Crippen LogP) is -1.55. The van der Waals surface area contributed by atoms with E-state index in [0.29, 0.717) is 26.2 Å². The summed E-state index contributed by atoms with van der Waals surface area (Å²) in [5.74, 6) is -0.631. The molecule has 0 spiro atoms. The Labute approximate surface area is 92.9 Å². The van der Waals surface area contributed by atoms with Gasteiger partial charge in [-0.1, -0.05) is 0 Å². The highest BCUT2D eigenvalue weighted by molar-refractivity contribution is 5.75. The molecule has 1 saturated heterocycles. The molecule has 0 aromatic heterocycles. The number of nitrogens with two attached hydrogens (primary N) is 1. The number of morpholine rings is 1. The maximum Gasteiger partial charge on any atom is 0.240 e. The number of hydrogen-bond acceptors (Lipinski definition) is 6. The number of amides is 1. The monoisotopic (exact) mass is 232 g/mol. The molecule has 1 fully saturated rings. The Morgan fingerprint density at radius 3 is 3.00 bits per heavy atom. The van der Waals surface area contributed by atoms with Gasteiger partial charge in [-0.2, -0.15) is 10.1 Å². The number of nitrogens with zero attached hydrogens (tertiary/aromatic N) is 3. The van der Waals surface area contributed by atoms with Crippen molar-refractivity contribution in [2.45, 2.75) is 12.5 Å². The molecule has 16 heavy (non-hydrogen) atoms. The number of hydrazine groups is 1. The molecule has 1 aliphatic rings. The highest BCUT2D eigenvalue weighted by Gasteiger charge is 2.28. The molecule has 0 aromatic rings. The Morgan fingerprint density at radius 2 is 2.44 bits per heavy atom. The molecule has 0 radical (unpaired) electrons. The van der Waals surface area contributed by atoms with Crippen LogP contribution in [0.15, 0.2) is 5.29 Å². The van der Waals surface area contributed by atoms with Crippen molar-refractivity contribution >= 4 is 5.91 Å². The van der Waals surface area contributed by atoms with Gasteiger partial charge in [-0.15, -0.1) is 4.91 Å². The molecule has 1 heterocycles. The highest BCUT2D eigenvalue weighted by atomic mass is 16.5. The fraction of sp³-hybridized carbons (Fsp3) is 0.875. The van der Waals surface area contributed by atoms with E-state index in [4.69, 9.17) is 15.6 Å². The van der Waals surface area contributed by atoms with Gasteiger partial charge in [0.25, 0.3) is 0 Å². The van der Waals surface area contributed by atoms with Crippen LogP contribution in [0.5, 0.6) is 0 Å². The van der Waals surface area contributed by atoms with E-state index in [9.17, 15) is 9.70 Å². The number of primary amides is 1. The summed E-state index contributed by atoms with van der Waals surface area (Å²) < 4.78 is 5.23. The van der Waals surface area contributed by atoms with Crippen LogP contribution >= 0.6 is 0 Å². The third-order valence-corrected chi connectivity index (χ3v) is 2.35. The van der Waals surface area contributed by atoms with Crippen LogP contribution in [0.4, 0.5) is 0 Å². The summed E-state index contributed by atoms with van der Waals surface area (Å²) in [5, 5.41) is 14.2. The number of hydrogen-bond donors (Lipinski definition) is 2. The average Bonchev–Trinajstić information content (AvgIpc) is 2.27. The third-order valence-electron chi connectivity index (χ3n) is 2.35. The number of nitroso groups, excluding NO2 is 1. The number of aliphatic hydroxyl groups is 1. The maximum atomic E-state index is 10.8. The van der Waals surface area contributed by atoms with Crippen molar-refractivity contribution in [1.82, 2.24) is 10.1 Å². The van der Waals surface area contributed by atoms with Gasteiger partial charge in [0, 0.05) is 13.2 Å². The predicted molar refractivity (Wildman–Crippen MR) is 54.7 cm³/mol. The van der Waals surface area contributed by atoms with Gasteiger partial charge in [0.15, 0.2) is 0 Å². The first-order valence-corrected chi connectivity index (χ1v) is 5.03. The summed E-state index contributed by atoms with van der Waals surface area (Å²) in [4.78, 5) is 21.4. The Morgan fingerprint density at radius 1 is 1.69 bits per heavy atom. The van der Waals surface area contributed by atoms with E-state index in [1.165, 1.54) is 0 Å². The van der Waals surface area contributed by atoms with E-state index >= 15 is 0 Å². The molecular weight excluding hydrogens is 216 g/mol. The normalized spacial score (nSPS) is 21.7. The third kappa shape index (κ3) is 3.40. The van der Waals surface area contributed by atoms with Crippen LogP contribution in [0, 0.1) is 4.91 Å². The lowest BCUT2D eigenvalue weighted by molar-refractivity contribution is -0.146. The van der Waals surface area contributed by atoms with Crippen molar-refractivity contribution in [1.29, 1.82) is 0 Å². The van der Waals surface area contributed by atoms with Crippen molar-refractivity contribution in [3.8, 4) is 0 Å². The number of rotatable bonds is 6. The first-order valence-electron chi connectivity index (χ1n) is 5.03. The molecule has 92 valence electrons. The summed E-state index contributed by atoms with van der Waals surface area (Å²) in [6, 6.07) is -0.157. The van der Waals surface area contributed by atoms with E-state index < -0.39 is 5.91 Å². The maximum absolute atomic E-state index is 10.8. The lowest BCUT2D eigenvalue weighted by atomic mass is 10.2. The van der Waals surface area contributed by atoms with Crippen molar-refractivity contribution in [3.05, 3.63) is 4.91 Å². The molecule has 3 N–H and O–H groups in total. The van der Waals surface area contributed by atoms with Crippen molar-refractivity contribution in [3.63, 3.8) is 0 Å². The van der Waals surface area contributed by atoms with Gasteiger partial charge in [-0.05, 0) is 6.42 Å². The van der Waals surface area contributed by atoms with Gasteiger partial charge in [0.1, 0.15) is 6.54 Å². The van der Waals surface area contributed by atoms with Gasteiger partial charge in [0.05, 0.1) is 24.5 Å². The summed E-state index contributed by atoms with van der Waals surface area (Å²) in [7, 11) is 0. The standard InChI is InChI=1S/C8H16N4O4/c9-8(14)5-12(10-15)11-2-4-16-6-7(11)1-3-13/h7,13H,1-6H2,(H2,9,14). The molecule has 8 heteroatoms. The molecule has 1 aliphatic heterocycles. The van der Waals surface area contributed by atoms with Gasteiger partial charge in [-0.25, -0.2) is 0 Å². The van der Waals surface area contributed by atoms with Crippen LogP contribution in [0.3, 0.4) is 0 Å². The molecule has 0 saturated carbocycles. The van der Waals surface area contributed by atoms with Gasteiger partial charge < -0.3 is 15.6 Å². The van der Waals surface area contributed by atoms with Crippen molar-refractivity contribution in [2.75, 3.05) is 32.9 Å². The van der Waals surface area contributed by atoms with Crippen LogP contribution in [0.25, 0.3) is 0 Å². The van der Waals surface area contributed by atoms with E-state index in [2.05, 4.69) is 5.29 Å². The zero-order valence-corrected chi connectivity index (χ0v) is 8.91. The first-order chi connectivity index (χ1) is 7.69. The molecule has 0 aliphatic carbocycles. The van der Waals surface area contributed by atoms with Crippen LogP contribution in [-0.4, -0.2) is 60.1 Å². The van der Waals surface area contributed by atoms with Crippen LogP contribution in [-0.2, 0) is 9.53 Å². The average molecular weight is 232 g/mol. The topological polar surface area (TPSA) is 108 Å². The molecular formula is C8H16N4O4. The zero-order valence-electron chi connectivity index (χ0n) is 8.91.